The molecule has 26 heavy (non-hydrogen) atoms. The minimum absolute atomic E-state index is 0.0969. The van der Waals surface area contributed by atoms with E-state index in [1.165, 1.54) is 11.0 Å². The number of likely N-dealkylation sites (N-methyl/N-ethyl adjacent to an activating group) is 1. The molecule has 2 amide bonds. The van der Waals surface area contributed by atoms with Gasteiger partial charge in [-0.2, -0.15) is 0 Å². The zero-order valence-corrected chi connectivity index (χ0v) is 15.2. The van der Waals surface area contributed by atoms with E-state index in [1.807, 2.05) is 30.3 Å². The first kappa shape index (κ1) is 16.7. The van der Waals surface area contributed by atoms with Crippen molar-refractivity contribution in [1.82, 2.24) is 4.90 Å². The number of anilines is 1. The molecule has 5 nitrogen and oxygen atoms in total. The molecule has 4 rings (SSSR count). The Labute approximate surface area is 156 Å². The maximum Gasteiger partial charge on any atom is 0.254 e. The Hall–Kier alpha value is -2.79. The average molecular weight is 369 g/mol. The number of benzene rings is 2. The van der Waals surface area contributed by atoms with Gasteiger partial charge >= 0.3 is 0 Å². The smallest absolute Gasteiger partial charge is 0.254 e. The molecule has 0 saturated carbocycles. The van der Waals surface area contributed by atoms with Gasteiger partial charge in [0.25, 0.3) is 5.91 Å². The fraction of sp³-hybridized carbons (Fsp3) is 0.200. The number of halogens is 1. The van der Waals surface area contributed by atoms with Crippen molar-refractivity contribution in [3.8, 4) is 0 Å². The van der Waals surface area contributed by atoms with Gasteiger partial charge in [-0.15, -0.1) is 0 Å². The highest BCUT2D eigenvalue weighted by molar-refractivity contribution is 6.30. The lowest BCUT2D eigenvalue weighted by Gasteiger charge is -2.45. The van der Waals surface area contributed by atoms with Crippen LogP contribution in [0.2, 0.25) is 5.02 Å². The fourth-order valence-electron chi connectivity index (χ4n) is 3.60. The second kappa shape index (κ2) is 5.88. The number of nitrogens with zero attached hydrogens (tertiary/aromatic N) is 2. The molecule has 2 aromatic carbocycles. The summed E-state index contributed by atoms with van der Waals surface area (Å²) >= 11 is 6.29. The molecular weight excluding hydrogens is 352 g/mol. The third kappa shape index (κ3) is 2.31. The summed E-state index contributed by atoms with van der Waals surface area (Å²) in [5.41, 5.74) is 0.823. The van der Waals surface area contributed by atoms with Crippen LogP contribution in [0, 0.1) is 0 Å². The molecule has 0 aromatic heterocycles. The molecule has 0 saturated heterocycles. The number of hydrogen-bond acceptors (Lipinski definition) is 3. The van der Waals surface area contributed by atoms with Gasteiger partial charge < -0.3 is 9.64 Å². The Bertz CT molecular complexity index is 941. The lowest BCUT2D eigenvalue weighted by atomic mass is 9.90. The summed E-state index contributed by atoms with van der Waals surface area (Å²) in [6.07, 6.45) is 1.41. The molecule has 132 valence electrons. The Morgan fingerprint density at radius 1 is 1.12 bits per heavy atom. The van der Waals surface area contributed by atoms with E-state index in [0.29, 0.717) is 22.0 Å². The van der Waals surface area contributed by atoms with Crippen molar-refractivity contribution in [2.45, 2.75) is 12.6 Å². The van der Waals surface area contributed by atoms with Crippen molar-refractivity contribution in [1.29, 1.82) is 0 Å². The van der Waals surface area contributed by atoms with Gasteiger partial charge in [-0.05, 0) is 25.1 Å². The minimum atomic E-state index is -1.25. The molecule has 0 N–H and O–H groups in total. The van der Waals surface area contributed by atoms with E-state index in [1.54, 1.807) is 37.1 Å². The number of carbonyl (C=O) groups is 2. The first-order valence-corrected chi connectivity index (χ1v) is 8.62. The highest BCUT2D eigenvalue weighted by Crippen LogP contribution is 2.47. The van der Waals surface area contributed by atoms with Gasteiger partial charge in [0, 0.05) is 29.3 Å². The number of amides is 2. The van der Waals surface area contributed by atoms with Crippen LogP contribution in [-0.2, 0) is 20.1 Å². The van der Waals surface area contributed by atoms with Crippen molar-refractivity contribution in [3.63, 3.8) is 0 Å². The molecule has 0 unspecified atom stereocenters. The molecule has 2 aliphatic heterocycles. The average Bonchev–Trinajstić information content (AvgIpc) is 2.71. The number of hydrogen-bond donors (Lipinski definition) is 0. The summed E-state index contributed by atoms with van der Waals surface area (Å²) < 4.78 is 6.32. The van der Waals surface area contributed by atoms with Crippen LogP contribution in [0.5, 0.6) is 0 Å². The van der Waals surface area contributed by atoms with Gasteiger partial charge in [-0.25, -0.2) is 0 Å². The zero-order chi connectivity index (χ0) is 18.5. The van der Waals surface area contributed by atoms with E-state index < -0.39 is 5.72 Å². The Morgan fingerprint density at radius 2 is 1.85 bits per heavy atom. The fourth-order valence-corrected chi connectivity index (χ4v) is 3.77. The second-order valence-corrected chi connectivity index (χ2v) is 6.84. The van der Waals surface area contributed by atoms with Crippen molar-refractivity contribution in [2.75, 3.05) is 18.5 Å². The van der Waals surface area contributed by atoms with E-state index in [0.717, 1.165) is 5.56 Å². The van der Waals surface area contributed by atoms with Gasteiger partial charge in [0.15, 0.2) is 0 Å². The van der Waals surface area contributed by atoms with Crippen LogP contribution in [0.3, 0.4) is 0 Å². The number of fused-ring (bicyclic) bond motifs is 3. The van der Waals surface area contributed by atoms with Crippen molar-refractivity contribution in [2.24, 2.45) is 0 Å². The Morgan fingerprint density at radius 3 is 2.58 bits per heavy atom. The lowest BCUT2D eigenvalue weighted by Crippen LogP contribution is -2.54. The summed E-state index contributed by atoms with van der Waals surface area (Å²) in [7, 11) is 1.69. The molecule has 2 heterocycles. The molecule has 0 aliphatic carbocycles. The molecule has 0 fully saturated rings. The van der Waals surface area contributed by atoms with Crippen LogP contribution in [0.25, 0.3) is 0 Å². The van der Waals surface area contributed by atoms with Crippen LogP contribution >= 0.6 is 11.6 Å². The molecule has 0 spiro atoms. The van der Waals surface area contributed by atoms with Crippen LogP contribution in [0.4, 0.5) is 5.69 Å². The van der Waals surface area contributed by atoms with Crippen LogP contribution in [0.1, 0.15) is 18.1 Å². The van der Waals surface area contributed by atoms with E-state index in [2.05, 4.69) is 0 Å². The van der Waals surface area contributed by atoms with Gasteiger partial charge in [0.2, 0.25) is 11.6 Å². The largest absolute Gasteiger partial charge is 0.464 e. The molecule has 0 radical (unpaired) electrons. The van der Waals surface area contributed by atoms with E-state index in [-0.39, 0.29) is 18.4 Å². The van der Waals surface area contributed by atoms with Crippen LogP contribution in [0.15, 0.2) is 60.4 Å². The Kier molecular flexibility index (Phi) is 3.77. The van der Waals surface area contributed by atoms with E-state index in [4.69, 9.17) is 16.3 Å². The van der Waals surface area contributed by atoms with Gasteiger partial charge in [0.05, 0.1) is 5.69 Å². The highest BCUT2D eigenvalue weighted by Gasteiger charge is 2.52. The van der Waals surface area contributed by atoms with Gasteiger partial charge in [0.1, 0.15) is 12.3 Å². The van der Waals surface area contributed by atoms with Crippen molar-refractivity contribution < 1.29 is 14.3 Å². The third-order valence-electron chi connectivity index (χ3n) is 4.80. The molecule has 2 aromatic rings. The molecule has 2 aliphatic rings. The zero-order valence-electron chi connectivity index (χ0n) is 14.4. The summed E-state index contributed by atoms with van der Waals surface area (Å²) in [6.45, 7) is 1.64. The number of carbonyl (C=O) groups excluding carboxylic acids is 2. The predicted molar refractivity (Wildman–Crippen MR) is 98.6 cm³/mol. The van der Waals surface area contributed by atoms with Crippen LogP contribution < -0.4 is 4.90 Å². The molecule has 0 bridgehead atoms. The Balaban J connectivity index is 2.11. The van der Waals surface area contributed by atoms with Crippen molar-refractivity contribution >= 4 is 29.1 Å². The topological polar surface area (TPSA) is 49.9 Å². The second-order valence-electron chi connectivity index (χ2n) is 6.41. The summed E-state index contributed by atoms with van der Waals surface area (Å²) in [5, 5.41) is 0.505. The van der Waals surface area contributed by atoms with Crippen molar-refractivity contribution in [3.05, 3.63) is 76.5 Å². The van der Waals surface area contributed by atoms with Gasteiger partial charge in [-0.1, -0.05) is 41.9 Å². The maximum absolute atomic E-state index is 12.9. The van der Waals surface area contributed by atoms with Gasteiger partial charge in [-0.3, -0.25) is 14.5 Å². The lowest BCUT2D eigenvalue weighted by molar-refractivity contribution is -0.161. The monoisotopic (exact) mass is 368 g/mol. The minimum Gasteiger partial charge on any atom is -0.464 e. The summed E-state index contributed by atoms with van der Waals surface area (Å²) in [6, 6.07) is 14.7. The molecule has 6 heteroatoms. The number of rotatable bonds is 1. The first-order chi connectivity index (χ1) is 12.4. The standard InChI is InChI=1S/C20H17ClN2O3/c1-13-10-18(24)23-12-19(25)22(2)17-9-8-15(21)11-16(17)20(23,26-13)14-6-4-3-5-7-14/h3-11H,12H2,1-2H3/t20-/m1/s1. The summed E-state index contributed by atoms with van der Waals surface area (Å²) in [5.74, 6) is 0.0153. The maximum atomic E-state index is 12.9. The SMILES string of the molecule is CC1=CC(=O)N2CC(=O)N(C)c3ccc(Cl)cc3[C@@]2(c2ccccc2)O1. The normalized spacial score (nSPS) is 22.2. The first-order valence-electron chi connectivity index (χ1n) is 8.24. The molecule has 1 atom stereocenters. The number of allylic oxidation sites excluding steroid dienone is 1. The quantitative estimate of drug-likeness (QED) is 0.776. The van der Waals surface area contributed by atoms with E-state index >= 15 is 0 Å². The highest BCUT2D eigenvalue weighted by atomic mass is 35.5. The third-order valence-corrected chi connectivity index (χ3v) is 5.03. The summed E-state index contributed by atoms with van der Waals surface area (Å²) in [4.78, 5) is 28.6. The molecular formula is C20H17ClN2O3. The van der Waals surface area contributed by atoms with E-state index in [9.17, 15) is 9.59 Å². The number of ether oxygens (including phenoxy) is 1. The predicted octanol–water partition coefficient (Wildman–Crippen LogP) is 3.28. The van der Waals surface area contributed by atoms with Crippen LogP contribution in [-0.4, -0.2) is 30.3 Å².